The molecule has 11 heavy (non-hydrogen) atoms. The van der Waals surface area contributed by atoms with Gasteiger partial charge in [-0.05, 0) is 0 Å². The zero-order chi connectivity index (χ0) is 9.02. The summed E-state index contributed by atoms with van der Waals surface area (Å²) in [5.74, 6) is -2.26. The lowest BCUT2D eigenvalue weighted by molar-refractivity contribution is -0.201. The van der Waals surface area contributed by atoms with E-state index in [4.69, 9.17) is 0 Å². The summed E-state index contributed by atoms with van der Waals surface area (Å²) in [6, 6.07) is 0. The lowest BCUT2D eigenvalue weighted by Gasteiger charge is -2.09. The lowest BCUT2D eigenvalue weighted by Crippen LogP contribution is -2.34. The molecule has 0 saturated heterocycles. The zero-order valence-electron chi connectivity index (χ0n) is 5.43. The number of methoxy groups -OCH3 is 1. The number of hydrogen-bond acceptors (Lipinski definition) is 2. The second-order valence-corrected chi connectivity index (χ2v) is 1.56. The molecule has 0 rings (SSSR count). The monoisotopic (exact) mass is 175 g/mol. The molecule has 0 heterocycles. The van der Waals surface area contributed by atoms with Gasteiger partial charge in [-0.25, -0.2) is 8.78 Å². The molecule has 7 heteroatoms. The maximum absolute atomic E-state index is 12.1. The Morgan fingerprint density at radius 1 is 1.45 bits per heavy atom. The van der Waals surface area contributed by atoms with Gasteiger partial charge in [0.15, 0.2) is 0 Å². The van der Waals surface area contributed by atoms with Crippen molar-refractivity contribution in [3.63, 3.8) is 0 Å². The van der Waals surface area contributed by atoms with Crippen LogP contribution in [0.25, 0.3) is 0 Å². The van der Waals surface area contributed by atoms with Gasteiger partial charge in [0.2, 0.25) is 12.5 Å². The first kappa shape index (κ1) is 10.2. The number of ether oxygens (including phenoxy) is 1. The Balaban J connectivity index is 4.02. The summed E-state index contributed by atoms with van der Waals surface area (Å²) in [5, 5.41) is -2.03. The standard InChI is InChI=1S/C4H5F4NO2/c1-11-3(6)2(5)4(10)9(7)8/h2-3H,1H3. The summed E-state index contributed by atoms with van der Waals surface area (Å²) in [6.45, 7) is 0. The molecule has 66 valence electrons. The van der Waals surface area contributed by atoms with E-state index in [1.54, 1.807) is 0 Å². The maximum atomic E-state index is 12.1. The SMILES string of the molecule is COC(F)C(F)C(=O)N(F)F. The minimum atomic E-state index is -2.98. The molecule has 0 bridgehead atoms. The Kier molecular flexibility index (Phi) is 3.80. The van der Waals surface area contributed by atoms with Gasteiger partial charge >= 0.3 is 5.91 Å². The smallest absolute Gasteiger partial charge is 0.323 e. The molecular weight excluding hydrogens is 170 g/mol. The van der Waals surface area contributed by atoms with Crippen LogP contribution in [0.15, 0.2) is 0 Å². The molecule has 0 N–H and O–H groups in total. The van der Waals surface area contributed by atoms with E-state index in [-0.39, 0.29) is 0 Å². The minimum absolute atomic E-state index is 0.755. The third-order valence-corrected chi connectivity index (χ3v) is 0.858. The van der Waals surface area contributed by atoms with Crippen molar-refractivity contribution in [2.24, 2.45) is 0 Å². The number of hydrogen-bond donors (Lipinski definition) is 0. The van der Waals surface area contributed by atoms with Crippen LogP contribution in [0.5, 0.6) is 0 Å². The summed E-state index contributed by atoms with van der Waals surface area (Å²) in [6.07, 6.45) is -5.63. The van der Waals surface area contributed by atoms with Crippen molar-refractivity contribution in [1.29, 1.82) is 0 Å². The highest BCUT2D eigenvalue weighted by atomic mass is 19.4. The Bertz CT molecular complexity index is 142. The Labute approximate surface area is 59.4 Å². The first-order valence-corrected chi connectivity index (χ1v) is 2.47. The molecular formula is C4H5F4NO2. The molecule has 0 spiro atoms. The van der Waals surface area contributed by atoms with Gasteiger partial charge in [0, 0.05) is 12.5 Å². The summed E-state index contributed by atoms with van der Waals surface area (Å²) >= 11 is 0. The van der Waals surface area contributed by atoms with E-state index in [1.807, 2.05) is 0 Å². The number of amides is 1. The second kappa shape index (κ2) is 4.12. The zero-order valence-corrected chi connectivity index (χ0v) is 5.43. The molecule has 0 aromatic carbocycles. The number of carbonyl (C=O) groups excluding carboxylic acids is 1. The van der Waals surface area contributed by atoms with Crippen molar-refractivity contribution < 1.29 is 27.3 Å². The Morgan fingerprint density at radius 2 is 1.91 bits per heavy atom. The van der Waals surface area contributed by atoms with Crippen molar-refractivity contribution in [3.8, 4) is 0 Å². The van der Waals surface area contributed by atoms with Crippen molar-refractivity contribution in [2.75, 3.05) is 7.11 Å². The van der Waals surface area contributed by atoms with Gasteiger partial charge in [-0.3, -0.25) is 4.79 Å². The number of rotatable bonds is 3. The van der Waals surface area contributed by atoms with E-state index in [0.29, 0.717) is 0 Å². The van der Waals surface area contributed by atoms with E-state index in [2.05, 4.69) is 4.74 Å². The molecule has 0 aromatic rings. The van der Waals surface area contributed by atoms with Crippen molar-refractivity contribution in [3.05, 3.63) is 0 Å². The van der Waals surface area contributed by atoms with Crippen molar-refractivity contribution in [2.45, 2.75) is 12.5 Å². The highest BCUT2D eigenvalue weighted by molar-refractivity contribution is 5.79. The van der Waals surface area contributed by atoms with E-state index in [9.17, 15) is 22.5 Å². The summed E-state index contributed by atoms with van der Waals surface area (Å²) in [5.41, 5.74) is 0. The molecule has 2 unspecified atom stereocenters. The Morgan fingerprint density at radius 3 is 2.18 bits per heavy atom. The van der Waals surface area contributed by atoms with Crippen molar-refractivity contribution >= 4 is 5.91 Å². The fraction of sp³-hybridized carbons (Fsp3) is 0.750. The molecule has 0 radical (unpaired) electrons. The minimum Gasteiger partial charge on any atom is -0.349 e. The highest BCUT2D eigenvalue weighted by Gasteiger charge is 2.33. The summed E-state index contributed by atoms with van der Waals surface area (Å²) in [4.78, 5) is 9.92. The first-order chi connectivity index (χ1) is 5.00. The molecule has 0 aliphatic heterocycles. The van der Waals surface area contributed by atoms with Gasteiger partial charge in [-0.15, -0.1) is 0 Å². The predicted molar refractivity (Wildman–Crippen MR) is 25.9 cm³/mol. The van der Waals surface area contributed by atoms with Gasteiger partial charge in [0.25, 0.3) is 0 Å². The Hall–Kier alpha value is -0.850. The maximum Gasteiger partial charge on any atom is 0.323 e. The number of carbonyl (C=O) groups is 1. The molecule has 2 atom stereocenters. The van der Waals surface area contributed by atoms with E-state index >= 15 is 0 Å². The van der Waals surface area contributed by atoms with E-state index < -0.39 is 23.8 Å². The van der Waals surface area contributed by atoms with Crippen LogP contribution >= 0.6 is 0 Å². The average molecular weight is 175 g/mol. The first-order valence-electron chi connectivity index (χ1n) is 2.47. The second-order valence-electron chi connectivity index (χ2n) is 1.56. The van der Waals surface area contributed by atoms with Gasteiger partial charge in [0.05, 0.1) is 0 Å². The number of alkyl halides is 2. The van der Waals surface area contributed by atoms with Gasteiger partial charge < -0.3 is 4.74 Å². The fourth-order valence-corrected chi connectivity index (χ4v) is 0.325. The van der Waals surface area contributed by atoms with Gasteiger partial charge in [-0.1, -0.05) is 8.96 Å². The van der Waals surface area contributed by atoms with E-state index in [0.717, 1.165) is 7.11 Å². The molecule has 0 saturated carbocycles. The average Bonchev–Trinajstić information content (AvgIpc) is 2.00. The normalized spacial score (nSPS) is 15.7. The summed E-state index contributed by atoms with van der Waals surface area (Å²) < 4.78 is 50.1. The molecule has 0 aromatic heterocycles. The third kappa shape index (κ3) is 2.71. The largest absolute Gasteiger partial charge is 0.349 e. The summed E-state index contributed by atoms with van der Waals surface area (Å²) in [7, 11) is 0.755. The van der Waals surface area contributed by atoms with Crippen LogP contribution < -0.4 is 0 Å². The van der Waals surface area contributed by atoms with Gasteiger partial charge in [0.1, 0.15) is 0 Å². The van der Waals surface area contributed by atoms with Gasteiger partial charge in [-0.2, -0.15) is 0 Å². The predicted octanol–water partition coefficient (Wildman–Crippen LogP) is 0.864. The number of halogens is 4. The highest BCUT2D eigenvalue weighted by Crippen LogP contribution is 2.09. The van der Waals surface area contributed by atoms with Crippen LogP contribution in [0, 0.1) is 0 Å². The molecule has 0 aliphatic carbocycles. The topological polar surface area (TPSA) is 29.5 Å². The quantitative estimate of drug-likeness (QED) is 0.470. The van der Waals surface area contributed by atoms with Crippen LogP contribution in [0.1, 0.15) is 0 Å². The van der Waals surface area contributed by atoms with Crippen LogP contribution in [0.4, 0.5) is 17.7 Å². The van der Waals surface area contributed by atoms with Crippen LogP contribution in [-0.2, 0) is 9.53 Å². The lowest BCUT2D eigenvalue weighted by atomic mass is 10.4. The fourth-order valence-electron chi connectivity index (χ4n) is 0.325. The van der Waals surface area contributed by atoms with E-state index in [1.165, 1.54) is 0 Å². The molecule has 3 nitrogen and oxygen atoms in total. The third-order valence-electron chi connectivity index (χ3n) is 0.858. The molecule has 0 aliphatic rings. The van der Waals surface area contributed by atoms with Crippen LogP contribution in [0.3, 0.4) is 0 Å². The van der Waals surface area contributed by atoms with Crippen LogP contribution in [0.2, 0.25) is 0 Å². The number of nitrogens with zero attached hydrogens (tertiary/aromatic N) is 1. The van der Waals surface area contributed by atoms with Crippen LogP contribution in [-0.4, -0.2) is 30.9 Å². The van der Waals surface area contributed by atoms with Crippen molar-refractivity contribution in [1.82, 2.24) is 5.34 Å². The molecule has 0 fully saturated rings. The molecule has 1 amide bonds.